The lowest BCUT2D eigenvalue weighted by Crippen LogP contribution is -2.39. The zero-order valence-corrected chi connectivity index (χ0v) is 17.5. The summed E-state index contributed by atoms with van der Waals surface area (Å²) in [6.07, 6.45) is 18.7. The average molecular weight is 372 g/mol. The fraction of sp³-hybridized carbons (Fsp3) is 0.955. The molecule has 0 radical (unpaired) electrons. The molecule has 0 aromatic rings. The van der Waals surface area contributed by atoms with Crippen LogP contribution in [0.2, 0.25) is 0 Å². The molecule has 1 atom stereocenters. The second-order valence-electron chi connectivity index (χ2n) is 7.95. The summed E-state index contributed by atoms with van der Waals surface area (Å²) < 4.78 is 0. The highest BCUT2D eigenvalue weighted by Crippen LogP contribution is 2.18. The Balaban J connectivity index is 3.31. The van der Waals surface area contributed by atoms with E-state index in [4.69, 9.17) is 10.2 Å². The van der Waals surface area contributed by atoms with Crippen LogP contribution in [0.25, 0.3) is 0 Å². The van der Waals surface area contributed by atoms with Crippen molar-refractivity contribution in [3.63, 3.8) is 0 Å². The monoisotopic (exact) mass is 371 g/mol. The first-order chi connectivity index (χ1) is 12.6. The highest BCUT2D eigenvalue weighted by Gasteiger charge is 2.09. The summed E-state index contributed by atoms with van der Waals surface area (Å²) in [6, 6.07) is -0.513. The molecular weight excluding hydrogens is 326 g/mol. The van der Waals surface area contributed by atoms with Crippen LogP contribution in [0.5, 0.6) is 0 Å². The third kappa shape index (κ3) is 16.8. The predicted octanol–water partition coefficient (Wildman–Crippen LogP) is 4.96. The van der Waals surface area contributed by atoms with Crippen LogP contribution in [-0.2, 0) is 4.79 Å². The van der Waals surface area contributed by atoms with Crippen LogP contribution in [-0.4, -0.2) is 35.4 Å². The van der Waals surface area contributed by atoms with Gasteiger partial charge in [-0.15, -0.1) is 0 Å². The fourth-order valence-corrected chi connectivity index (χ4v) is 3.35. The lowest BCUT2D eigenvalue weighted by Gasteiger charge is -2.13. The molecule has 0 rings (SSSR count). The lowest BCUT2D eigenvalue weighted by atomic mass is 9.96. The zero-order valence-electron chi connectivity index (χ0n) is 17.5. The second-order valence-corrected chi connectivity index (χ2v) is 7.95. The first-order valence-electron chi connectivity index (χ1n) is 11.1. The molecule has 0 aliphatic rings. The Kier molecular flexibility index (Phi) is 18.7. The Hall–Kier alpha value is -0.610. The van der Waals surface area contributed by atoms with Gasteiger partial charge in [-0.3, -0.25) is 4.79 Å². The van der Waals surface area contributed by atoms with Gasteiger partial charge in [0.15, 0.2) is 0 Å². The molecule has 0 heterocycles. The molecule has 0 aliphatic heterocycles. The van der Waals surface area contributed by atoms with E-state index in [-0.39, 0.29) is 19.1 Å². The minimum absolute atomic E-state index is 0.0678. The number of aliphatic hydroxyl groups excluding tert-OH is 2. The van der Waals surface area contributed by atoms with Crippen LogP contribution in [0.3, 0.4) is 0 Å². The second kappa shape index (κ2) is 19.2. The van der Waals surface area contributed by atoms with Crippen molar-refractivity contribution in [2.24, 2.45) is 5.92 Å². The molecule has 156 valence electrons. The van der Waals surface area contributed by atoms with Crippen LogP contribution < -0.4 is 5.32 Å². The highest BCUT2D eigenvalue weighted by molar-refractivity contribution is 5.76. The van der Waals surface area contributed by atoms with Crippen molar-refractivity contribution in [1.82, 2.24) is 5.32 Å². The third-order valence-electron chi connectivity index (χ3n) is 5.21. The molecule has 0 saturated carbocycles. The fourth-order valence-electron chi connectivity index (χ4n) is 3.35. The maximum absolute atomic E-state index is 11.6. The summed E-state index contributed by atoms with van der Waals surface area (Å²) in [6.45, 7) is 4.26. The van der Waals surface area contributed by atoms with Crippen LogP contribution >= 0.6 is 0 Å². The maximum Gasteiger partial charge on any atom is 0.220 e. The Labute approximate surface area is 162 Å². The summed E-state index contributed by atoms with van der Waals surface area (Å²) in [7, 11) is 0. The standard InChI is InChI=1S/C22H45NO3/c1-3-4-5-9-12-15-20(2)16-13-10-7-6-8-11-14-17-22(26)23-21(18-24)19-25/h20-21,24-25H,3-19H2,1-2H3,(H,23,26). The van der Waals surface area contributed by atoms with Crippen molar-refractivity contribution in [3.8, 4) is 0 Å². The van der Waals surface area contributed by atoms with Crippen LogP contribution in [0.1, 0.15) is 110 Å². The lowest BCUT2D eigenvalue weighted by molar-refractivity contribution is -0.122. The molecule has 4 heteroatoms. The number of aliphatic hydroxyl groups is 2. The van der Waals surface area contributed by atoms with E-state index in [1.165, 1.54) is 77.0 Å². The van der Waals surface area contributed by atoms with Gasteiger partial charge in [-0.2, -0.15) is 0 Å². The number of unbranched alkanes of at least 4 members (excludes halogenated alkanes) is 10. The van der Waals surface area contributed by atoms with Crippen molar-refractivity contribution in [1.29, 1.82) is 0 Å². The number of hydrogen-bond donors (Lipinski definition) is 3. The van der Waals surface area contributed by atoms with Gasteiger partial charge in [-0.25, -0.2) is 0 Å². The van der Waals surface area contributed by atoms with Gasteiger partial charge in [-0.1, -0.05) is 97.3 Å². The van der Waals surface area contributed by atoms with Gasteiger partial charge < -0.3 is 15.5 Å². The molecule has 0 fully saturated rings. The molecule has 0 spiro atoms. The number of carbonyl (C=O) groups excluding carboxylic acids is 1. The van der Waals surface area contributed by atoms with E-state index in [1.54, 1.807) is 0 Å². The van der Waals surface area contributed by atoms with Crippen LogP contribution in [0.15, 0.2) is 0 Å². The first kappa shape index (κ1) is 25.4. The molecule has 0 saturated heterocycles. The summed E-state index contributed by atoms with van der Waals surface area (Å²) in [5.41, 5.74) is 0. The van der Waals surface area contributed by atoms with E-state index >= 15 is 0 Å². The normalized spacial score (nSPS) is 12.5. The smallest absolute Gasteiger partial charge is 0.220 e. The molecule has 0 aliphatic carbocycles. The topological polar surface area (TPSA) is 69.6 Å². The van der Waals surface area contributed by atoms with E-state index in [2.05, 4.69) is 19.2 Å². The molecule has 0 aromatic carbocycles. The van der Waals surface area contributed by atoms with E-state index in [9.17, 15) is 4.79 Å². The van der Waals surface area contributed by atoms with Crippen molar-refractivity contribution in [2.75, 3.05) is 13.2 Å². The van der Waals surface area contributed by atoms with Gasteiger partial charge in [0.05, 0.1) is 19.3 Å². The van der Waals surface area contributed by atoms with Gasteiger partial charge in [-0.05, 0) is 12.3 Å². The number of rotatable bonds is 19. The van der Waals surface area contributed by atoms with Crippen molar-refractivity contribution in [2.45, 2.75) is 116 Å². The van der Waals surface area contributed by atoms with Crippen molar-refractivity contribution in [3.05, 3.63) is 0 Å². The molecule has 0 aromatic heterocycles. The summed E-state index contributed by atoms with van der Waals surface area (Å²) in [4.78, 5) is 11.6. The molecule has 0 bridgehead atoms. The number of carbonyl (C=O) groups is 1. The average Bonchev–Trinajstić information content (AvgIpc) is 2.64. The van der Waals surface area contributed by atoms with Crippen molar-refractivity contribution >= 4 is 5.91 Å². The molecule has 1 unspecified atom stereocenters. The first-order valence-corrected chi connectivity index (χ1v) is 11.1. The van der Waals surface area contributed by atoms with Gasteiger partial charge in [0.1, 0.15) is 0 Å². The zero-order chi connectivity index (χ0) is 19.5. The summed E-state index contributed by atoms with van der Waals surface area (Å²) in [5.74, 6) is 0.818. The Bertz CT molecular complexity index is 306. The molecular formula is C22H45NO3. The van der Waals surface area contributed by atoms with Gasteiger partial charge in [0.25, 0.3) is 0 Å². The molecule has 1 amide bonds. The Morgan fingerprint density at radius 1 is 0.769 bits per heavy atom. The van der Waals surface area contributed by atoms with Gasteiger partial charge in [0.2, 0.25) is 5.91 Å². The van der Waals surface area contributed by atoms with Gasteiger partial charge in [0, 0.05) is 6.42 Å². The number of amides is 1. The van der Waals surface area contributed by atoms with E-state index < -0.39 is 6.04 Å². The van der Waals surface area contributed by atoms with Gasteiger partial charge >= 0.3 is 0 Å². The summed E-state index contributed by atoms with van der Waals surface area (Å²) in [5, 5.41) is 20.5. The largest absolute Gasteiger partial charge is 0.394 e. The quantitative estimate of drug-likeness (QED) is 0.281. The van der Waals surface area contributed by atoms with Crippen molar-refractivity contribution < 1.29 is 15.0 Å². The predicted molar refractivity (Wildman–Crippen MR) is 110 cm³/mol. The Morgan fingerprint density at radius 3 is 1.73 bits per heavy atom. The number of hydrogen-bond acceptors (Lipinski definition) is 3. The highest BCUT2D eigenvalue weighted by atomic mass is 16.3. The van der Waals surface area contributed by atoms with E-state index in [0.717, 1.165) is 18.8 Å². The number of nitrogens with one attached hydrogen (secondary N) is 1. The van der Waals surface area contributed by atoms with Crippen LogP contribution in [0, 0.1) is 5.92 Å². The van der Waals surface area contributed by atoms with Crippen LogP contribution in [0.4, 0.5) is 0 Å². The minimum atomic E-state index is -0.513. The molecule has 26 heavy (non-hydrogen) atoms. The SMILES string of the molecule is CCCCCCCC(C)CCCCCCCCCC(=O)NC(CO)CO. The summed E-state index contributed by atoms with van der Waals surface area (Å²) >= 11 is 0. The molecule has 4 nitrogen and oxygen atoms in total. The Morgan fingerprint density at radius 2 is 1.23 bits per heavy atom. The van der Waals surface area contributed by atoms with E-state index in [1.807, 2.05) is 0 Å². The maximum atomic E-state index is 11.6. The van der Waals surface area contributed by atoms with E-state index in [0.29, 0.717) is 6.42 Å². The third-order valence-corrected chi connectivity index (χ3v) is 5.21. The minimum Gasteiger partial charge on any atom is -0.394 e. The molecule has 3 N–H and O–H groups in total.